The Balaban J connectivity index is 1.46. The van der Waals surface area contributed by atoms with Gasteiger partial charge in [-0.1, -0.05) is 29.3 Å². The molecule has 2 atom stereocenters. The lowest BCUT2D eigenvalue weighted by molar-refractivity contribution is -0.150. The Bertz CT molecular complexity index is 1540. The third-order valence-corrected chi connectivity index (χ3v) is 10.5. The van der Waals surface area contributed by atoms with Crippen molar-refractivity contribution in [2.75, 3.05) is 18.9 Å². The minimum absolute atomic E-state index is 0.0213. The molecule has 0 amide bonds. The molecule has 2 unspecified atom stereocenters. The summed E-state index contributed by atoms with van der Waals surface area (Å²) >= 11 is 13.9. The molecule has 5 rings (SSSR count). The van der Waals surface area contributed by atoms with Crippen LogP contribution in [0.1, 0.15) is 30.1 Å². The number of thioether (sulfide) groups is 1. The van der Waals surface area contributed by atoms with Crippen LogP contribution in [-0.4, -0.2) is 64.1 Å². The van der Waals surface area contributed by atoms with Gasteiger partial charge in [0.1, 0.15) is 6.10 Å². The summed E-state index contributed by atoms with van der Waals surface area (Å²) in [5.41, 5.74) is 0.803. The summed E-state index contributed by atoms with van der Waals surface area (Å²) in [4.78, 5) is 21.5. The van der Waals surface area contributed by atoms with Gasteiger partial charge >= 0.3 is 12.6 Å². The summed E-state index contributed by atoms with van der Waals surface area (Å²) in [6, 6.07) is 4.24. The lowest BCUT2D eigenvalue weighted by Gasteiger charge is -2.25. The third-order valence-electron chi connectivity index (χ3n) is 6.69. The van der Waals surface area contributed by atoms with Crippen LogP contribution >= 0.6 is 35.0 Å². The number of hydrogen-bond acceptors (Lipinski definition) is 9. The van der Waals surface area contributed by atoms with E-state index in [4.69, 9.17) is 32.7 Å². The first-order valence-electron chi connectivity index (χ1n) is 12.8. The van der Waals surface area contributed by atoms with Crippen molar-refractivity contribution >= 4 is 51.0 Å². The Morgan fingerprint density at radius 3 is 2.57 bits per heavy atom. The molecule has 3 aromatic rings. The molecule has 42 heavy (non-hydrogen) atoms. The highest BCUT2D eigenvalue weighted by Crippen LogP contribution is 2.39. The zero-order valence-electron chi connectivity index (χ0n) is 22.2. The van der Waals surface area contributed by atoms with Gasteiger partial charge in [0.2, 0.25) is 5.16 Å². The minimum atomic E-state index is -4.12. The molecule has 1 saturated carbocycles. The predicted octanol–water partition coefficient (Wildman–Crippen LogP) is 5.10. The number of rotatable bonds is 12. The SMILES string of the molecule is Cn1ccnc1S(=O)(=O)N1CCSC1C(=O)OC(Cc1c(Cl)cncc1Cl)c1ccc(OC(F)F)c(OCC2CC2)c1. The van der Waals surface area contributed by atoms with Crippen molar-refractivity contribution in [3.05, 3.63) is 64.2 Å². The number of carbonyl (C=O) groups is 1. The maximum absolute atomic E-state index is 13.6. The number of sulfonamides is 1. The number of benzene rings is 1. The summed E-state index contributed by atoms with van der Waals surface area (Å²) in [5, 5.41) is -0.951. The van der Waals surface area contributed by atoms with E-state index in [9.17, 15) is 22.0 Å². The Hall–Kier alpha value is -2.65. The van der Waals surface area contributed by atoms with E-state index in [2.05, 4.69) is 14.7 Å². The predicted molar refractivity (Wildman–Crippen MR) is 151 cm³/mol. The molecule has 10 nitrogen and oxygen atoms in total. The van der Waals surface area contributed by atoms with Gasteiger partial charge in [-0.3, -0.25) is 4.98 Å². The molecule has 0 N–H and O–H groups in total. The first kappa shape index (κ1) is 30.8. The van der Waals surface area contributed by atoms with Crippen LogP contribution in [0, 0.1) is 5.92 Å². The van der Waals surface area contributed by atoms with Gasteiger partial charge in [-0.05, 0) is 42.0 Å². The average Bonchev–Trinajstić information content (AvgIpc) is 3.42. The van der Waals surface area contributed by atoms with Crippen molar-refractivity contribution in [3.8, 4) is 11.5 Å². The smallest absolute Gasteiger partial charge is 0.387 e. The van der Waals surface area contributed by atoms with Gasteiger partial charge in [-0.15, -0.1) is 11.8 Å². The van der Waals surface area contributed by atoms with E-state index in [1.54, 1.807) is 7.05 Å². The molecule has 1 aliphatic heterocycles. The van der Waals surface area contributed by atoms with Crippen molar-refractivity contribution < 1.29 is 36.2 Å². The van der Waals surface area contributed by atoms with Gasteiger partial charge in [0.05, 0.1) is 16.7 Å². The Labute approximate surface area is 255 Å². The Morgan fingerprint density at radius 2 is 1.93 bits per heavy atom. The van der Waals surface area contributed by atoms with Gasteiger partial charge < -0.3 is 18.8 Å². The van der Waals surface area contributed by atoms with E-state index in [0.29, 0.717) is 29.4 Å². The zero-order valence-corrected chi connectivity index (χ0v) is 25.3. The molecule has 3 heterocycles. The molecular formula is C26H26Cl2F2N4O6S2. The largest absolute Gasteiger partial charge is 0.489 e. The number of aryl methyl sites for hydroxylation is 1. The van der Waals surface area contributed by atoms with Crippen LogP contribution in [0.3, 0.4) is 0 Å². The second-order valence-electron chi connectivity index (χ2n) is 9.71. The van der Waals surface area contributed by atoms with Crippen molar-refractivity contribution in [2.45, 2.75) is 42.5 Å². The summed E-state index contributed by atoms with van der Waals surface area (Å²) in [7, 11) is -2.58. The molecule has 1 aliphatic carbocycles. The minimum Gasteiger partial charge on any atom is -0.489 e. The molecule has 0 bridgehead atoms. The number of hydrogen-bond donors (Lipinski definition) is 0. The standard InChI is InChI=1S/C26H26Cl2F2N4O6S2/c1-33-7-6-32-26(33)42(36,37)34-8-9-41-23(34)24(35)39-21(11-17-18(27)12-31-13-19(17)28)16-4-5-20(40-25(29)30)22(10-16)38-14-15-2-3-15/h4-7,10,12-13,15,21,23,25H,2-3,8-9,11,14H2,1H3. The lowest BCUT2D eigenvalue weighted by Crippen LogP contribution is -2.41. The molecule has 1 aromatic carbocycles. The van der Waals surface area contributed by atoms with Gasteiger partial charge in [0, 0.05) is 50.6 Å². The van der Waals surface area contributed by atoms with Crippen LogP contribution in [0.15, 0.2) is 48.1 Å². The number of esters is 1. The molecule has 226 valence electrons. The highest BCUT2D eigenvalue weighted by atomic mass is 35.5. The molecule has 0 radical (unpaired) electrons. The number of pyridine rings is 1. The van der Waals surface area contributed by atoms with Crippen molar-refractivity contribution in [1.82, 2.24) is 18.8 Å². The molecule has 16 heteroatoms. The zero-order chi connectivity index (χ0) is 30.0. The topological polar surface area (TPSA) is 113 Å². The molecule has 1 saturated heterocycles. The lowest BCUT2D eigenvalue weighted by atomic mass is 10.0. The fraction of sp³-hybridized carbons (Fsp3) is 0.423. The monoisotopic (exact) mass is 662 g/mol. The summed E-state index contributed by atoms with van der Waals surface area (Å²) in [5.74, 6) is -0.258. The second-order valence-corrected chi connectivity index (χ2v) is 13.5. The Kier molecular flexibility index (Phi) is 9.47. The van der Waals surface area contributed by atoms with Crippen molar-refractivity contribution in [1.29, 1.82) is 0 Å². The number of alkyl halides is 2. The maximum Gasteiger partial charge on any atom is 0.387 e. The quantitative estimate of drug-likeness (QED) is 0.244. The van der Waals surface area contributed by atoms with Crippen LogP contribution in [0.4, 0.5) is 8.78 Å². The van der Waals surface area contributed by atoms with Gasteiger partial charge in [0.25, 0.3) is 10.0 Å². The number of aromatic nitrogens is 3. The fourth-order valence-electron chi connectivity index (χ4n) is 4.36. The van der Waals surface area contributed by atoms with Gasteiger partial charge in [-0.25, -0.2) is 18.2 Å². The maximum atomic E-state index is 13.6. The van der Waals surface area contributed by atoms with Crippen LogP contribution < -0.4 is 9.47 Å². The van der Waals surface area contributed by atoms with Crippen LogP contribution in [0.2, 0.25) is 10.0 Å². The summed E-state index contributed by atoms with van der Waals surface area (Å²) in [6.07, 6.45) is 6.49. The molecule has 2 aromatic heterocycles. The summed E-state index contributed by atoms with van der Waals surface area (Å²) in [6.45, 7) is -2.69. The molecule has 2 aliphatic rings. The van der Waals surface area contributed by atoms with Crippen LogP contribution in [0.5, 0.6) is 11.5 Å². The van der Waals surface area contributed by atoms with E-state index >= 15 is 0 Å². The first-order valence-corrected chi connectivity index (χ1v) is 16.1. The Morgan fingerprint density at radius 1 is 1.19 bits per heavy atom. The summed E-state index contributed by atoms with van der Waals surface area (Å²) < 4.78 is 71.7. The number of nitrogens with zero attached hydrogens (tertiary/aromatic N) is 4. The fourth-order valence-corrected chi connectivity index (χ4v) is 8.00. The third kappa shape index (κ3) is 6.94. The van der Waals surface area contributed by atoms with E-state index in [1.807, 2.05) is 0 Å². The van der Waals surface area contributed by atoms with Crippen LogP contribution in [0.25, 0.3) is 0 Å². The van der Waals surface area contributed by atoms with E-state index < -0.39 is 34.1 Å². The number of halogens is 4. The van der Waals surface area contributed by atoms with Crippen molar-refractivity contribution in [2.24, 2.45) is 13.0 Å². The van der Waals surface area contributed by atoms with Gasteiger partial charge in [-0.2, -0.15) is 13.1 Å². The normalized spacial score (nSPS) is 18.3. The van der Waals surface area contributed by atoms with E-state index in [1.165, 1.54) is 47.6 Å². The van der Waals surface area contributed by atoms with E-state index in [-0.39, 0.29) is 39.7 Å². The highest BCUT2D eigenvalue weighted by molar-refractivity contribution is 8.02. The second kappa shape index (κ2) is 12.9. The van der Waals surface area contributed by atoms with Crippen molar-refractivity contribution in [3.63, 3.8) is 0 Å². The molecular weight excluding hydrogens is 637 g/mol. The molecule has 0 spiro atoms. The first-order chi connectivity index (χ1) is 20.0. The van der Waals surface area contributed by atoms with Crippen LogP contribution in [-0.2, 0) is 33.0 Å². The highest BCUT2D eigenvalue weighted by Gasteiger charge is 2.43. The van der Waals surface area contributed by atoms with E-state index in [0.717, 1.165) is 28.9 Å². The van der Waals surface area contributed by atoms with Gasteiger partial charge in [0.15, 0.2) is 16.9 Å². The average molecular weight is 664 g/mol. The number of imidazole rings is 1. The number of ether oxygens (including phenoxy) is 3. The number of carbonyl (C=O) groups excluding carboxylic acids is 1. The molecule has 2 fully saturated rings.